The van der Waals surface area contributed by atoms with Gasteiger partial charge in [0.25, 0.3) is 11.5 Å². The molecular formula is C17H20N4O4. The van der Waals surface area contributed by atoms with E-state index in [1.54, 1.807) is 38.3 Å². The van der Waals surface area contributed by atoms with Crippen LogP contribution in [0.3, 0.4) is 0 Å². The van der Waals surface area contributed by atoms with Gasteiger partial charge in [-0.25, -0.2) is 4.79 Å². The average molecular weight is 344 g/mol. The van der Waals surface area contributed by atoms with Gasteiger partial charge in [-0.2, -0.15) is 9.78 Å². The number of nitrogens with one attached hydrogen (secondary N) is 1. The molecule has 0 aliphatic heterocycles. The molecule has 1 aliphatic carbocycles. The number of methoxy groups -OCH3 is 1. The summed E-state index contributed by atoms with van der Waals surface area (Å²) in [7, 11) is 1.54. The van der Waals surface area contributed by atoms with E-state index in [2.05, 4.69) is 10.4 Å². The van der Waals surface area contributed by atoms with Crippen molar-refractivity contribution in [2.75, 3.05) is 13.7 Å². The first-order valence-corrected chi connectivity index (χ1v) is 8.22. The van der Waals surface area contributed by atoms with Crippen LogP contribution in [-0.2, 0) is 6.54 Å². The summed E-state index contributed by atoms with van der Waals surface area (Å²) in [5.74, 6) is 0.550. The van der Waals surface area contributed by atoms with Gasteiger partial charge >= 0.3 is 5.69 Å². The molecule has 0 atom stereocenters. The van der Waals surface area contributed by atoms with Crippen molar-refractivity contribution in [1.82, 2.24) is 19.7 Å². The molecule has 1 fully saturated rings. The highest BCUT2D eigenvalue weighted by molar-refractivity contribution is 5.91. The van der Waals surface area contributed by atoms with E-state index in [0.717, 1.165) is 22.1 Å². The smallest absolute Gasteiger partial charge is 0.352 e. The fourth-order valence-corrected chi connectivity index (χ4v) is 2.47. The van der Waals surface area contributed by atoms with Crippen molar-refractivity contribution in [3.63, 3.8) is 0 Å². The number of benzene rings is 1. The first kappa shape index (κ1) is 16.9. The molecular weight excluding hydrogens is 324 g/mol. The van der Waals surface area contributed by atoms with Gasteiger partial charge in [-0.05, 0) is 49.9 Å². The van der Waals surface area contributed by atoms with E-state index in [0.29, 0.717) is 23.9 Å². The summed E-state index contributed by atoms with van der Waals surface area (Å²) >= 11 is 0. The minimum Gasteiger partial charge on any atom is -0.497 e. The van der Waals surface area contributed by atoms with Crippen LogP contribution in [0.1, 0.15) is 30.3 Å². The van der Waals surface area contributed by atoms with E-state index < -0.39 is 17.2 Å². The molecule has 0 radical (unpaired) electrons. The van der Waals surface area contributed by atoms with Gasteiger partial charge < -0.3 is 10.1 Å². The van der Waals surface area contributed by atoms with Crippen LogP contribution in [-0.4, -0.2) is 33.9 Å². The summed E-state index contributed by atoms with van der Waals surface area (Å²) < 4.78 is 7.16. The van der Waals surface area contributed by atoms with Crippen LogP contribution in [0.5, 0.6) is 5.75 Å². The molecule has 1 heterocycles. The van der Waals surface area contributed by atoms with E-state index in [1.165, 1.54) is 0 Å². The Morgan fingerprint density at radius 2 is 1.96 bits per heavy atom. The fraction of sp³-hybridized carbons (Fsp3) is 0.412. The molecule has 0 saturated heterocycles. The van der Waals surface area contributed by atoms with Crippen LogP contribution in [0.15, 0.2) is 33.9 Å². The number of rotatable bonds is 6. The predicted octanol–water partition coefficient (Wildman–Crippen LogP) is 0.562. The lowest BCUT2D eigenvalue weighted by atomic mass is 10.3. The first-order valence-electron chi connectivity index (χ1n) is 8.22. The summed E-state index contributed by atoms with van der Waals surface area (Å²) in [6, 6.07) is 6.64. The lowest BCUT2D eigenvalue weighted by Crippen LogP contribution is -2.45. The van der Waals surface area contributed by atoms with E-state index in [-0.39, 0.29) is 12.2 Å². The van der Waals surface area contributed by atoms with Crippen molar-refractivity contribution in [2.24, 2.45) is 5.92 Å². The van der Waals surface area contributed by atoms with Gasteiger partial charge in [-0.3, -0.25) is 14.2 Å². The van der Waals surface area contributed by atoms with E-state index >= 15 is 0 Å². The van der Waals surface area contributed by atoms with Crippen LogP contribution < -0.4 is 21.3 Å². The summed E-state index contributed by atoms with van der Waals surface area (Å²) in [6.07, 6.45) is 2.16. The number of ether oxygens (including phenoxy) is 1. The Kier molecular flexibility index (Phi) is 4.69. The minimum absolute atomic E-state index is 0.152. The average Bonchev–Trinajstić information content (AvgIpc) is 3.45. The molecule has 1 aromatic heterocycles. The summed E-state index contributed by atoms with van der Waals surface area (Å²) in [5.41, 5.74) is -1.09. The molecule has 132 valence electrons. The fourth-order valence-electron chi connectivity index (χ4n) is 2.47. The number of carbonyl (C=O) groups excluding carboxylic acids is 1. The van der Waals surface area contributed by atoms with Crippen LogP contribution in [0.4, 0.5) is 0 Å². The molecule has 3 rings (SSSR count). The van der Waals surface area contributed by atoms with Crippen LogP contribution >= 0.6 is 0 Å². The van der Waals surface area contributed by atoms with Crippen molar-refractivity contribution >= 4 is 5.91 Å². The maximum absolute atomic E-state index is 12.5. The second-order valence-corrected chi connectivity index (χ2v) is 5.94. The third kappa shape index (κ3) is 3.47. The van der Waals surface area contributed by atoms with Crippen LogP contribution in [0.2, 0.25) is 0 Å². The topological polar surface area (TPSA) is 95.2 Å². The van der Waals surface area contributed by atoms with E-state index in [4.69, 9.17) is 4.74 Å². The number of aromatic nitrogens is 3. The van der Waals surface area contributed by atoms with Gasteiger partial charge in [0.1, 0.15) is 5.75 Å². The Morgan fingerprint density at radius 1 is 1.28 bits per heavy atom. The third-order valence-corrected chi connectivity index (χ3v) is 4.16. The Hall–Kier alpha value is -2.90. The molecule has 8 nitrogen and oxygen atoms in total. The standard InChI is InChI=1S/C17H20N4O4/c1-3-20-16(23)14(15(22)18-10-11-4-5-11)19-21(17(20)24)12-6-8-13(25-2)9-7-12/h6-9,11H,3-5,10H2,1-2H3,(H,18,22). The maximum atomic E-state index is 12.5. The van der Waals surface area contributed by atoms with Crippen molar-refractivity contribution in [1.29, 1.82) is 0 Å². The molecule has 0 bridgehead atoms. The largest absolute Gasteiger partial charge is 0.497 e. The Bertz CT molecular complexity index is 894. The molecule has 25 heavy (non-hydrogen) atoms. The second-order valence-electron chi connectivity index (χ2n) is 5.94. The molecule has 0 spiro atoms. The Balaban J connectivity index is 2.04. The number of carbonyl (C=O) groups is 1. The zero-order valence-corrected chi connectivity index (χ0v) is 14.2. The lowest BCUT2D eigenvalue weighted by molar-refractivity contribution is 0.0942. The molecule has 2 aromatic rings. The molecule has 1 amide bonds. The Morgan fingerprint density at radius 3 is 2.52 bits per heavy atom. The SMILES string of the molecule is CCn1c(=O)c(C(=O)NCC2CC2)nn(-c2ccc(OC)cc2)c1=O. The van der Waals surface area contributed by atoms with Gasteiger partial charge in [-0.15, -0.1) is 0 Å². The van der Waals surface area contributed by atoms with Gasteiger partial charge in [0.05, 0.1) is 12.8 Å². The summed E-state index contributed by atoms with van der Waals surface area (Å²) in [5, 5.41) is 6.74. The van der Waals surface area contributed by atoms with Gasteiger partial charge in [0.2, 0.25) is 5.69 Å². The van der Waals surface area contributed by atoms with E-state index in [1.807, 2.05) is 0 Å². The highest BCUT2D eigenvalue weighted by Gasteiger charge is 2.24. The predicted molar refractivity (Wildman–Crippen MR) is 91.4 cm³/mol. The second kappa shape index (κ2) is 6.92. The number of hydrogen-bond donors (Lipinski definition) is 1. The number of hydrogen-bond acceptors (Lipinski definition) is 5. The van der Waals surface area contributed by atoms with Crippen molar-refractivity contribution in [2.45, 2.75) is 26.3 Å². The summed E-state index contributed by atoms with van der Waals surface area (Å²) in [6.45, 7) is 2.35. The van der Waals surface area contributed by atoms with Crippen LogP contribution in [0.25, 0.3) is 5.69 Å². The van der Waals surface area contributed by atoms with Gasteiger partial charge in [0, 0.05) is 13.1 Å². The zero-order valence-electron chi connectivity index (χ0n) is 14.2. The molecule has 1 aliphatic rings. The highest BCUT2D eigenvalue weighted by Crippen LogP contribution is 2.27. The van der Waals surface area contributed by atoms with Crippen LogP contribution in [0, 0.1) is 5.92 Å². The van der Waals surface area contributed by atoms with Crippen molar-refractivity contribution in [3.8, 4) is 11.4 Å². The van der Waals surface area contributed by atoms with Crippen molar-refractivity contribution < 1.29 is 9.53 Å². The molecule has 1 saturated carbocycles. The highest BCUT2D eigenvalue weighted by atomic mass is 16.5. The Labute approximate surface area is 144 Å². The normalized spacial score (nSPS) is 13.5. The summed E-state index contributed by atoms with van der Waals surface area (Å²) in [4.78, 5) is 37.3. The van der Waals surface area contributed by atoms with Crippen molar-refractivity contribution in [3.05, 3.63) is 50.8 Å². The molecule has 1 aromatic carbocycles. The van der Waals surface area contributed by atoms with Gasteiger partial charge in [-0.1, -0.05) is 0 Å². The zero-order chi connectivity index (χ0) is 18.0. The molecule has 1 N–H and O–H groups in total. The van der Waals surface area contributed by atoms with Gasteiger partial charge in [0.15, 0.2) is 0 Å². The maximum Gasteiger partial charge on any atom is 0.352 e. The lowest BCUT2D eigenvalue weighted by Gasteiger charge is -2.11. The first-order chi connectivity index (χ1) is 12.0. The monoisotopic (exact) mass is 344 g/mol. The molecule has 8 heteroatoms. The quantitative estimate of drug-likeness (QED) is 0.826. The molecule has 0 unspecified atom stereocenters. The number of nitrogens with zero attached hydrogens (tertiary/aromatic N) is 3. The van der Waals surface area contributed by atoms with E-state index in [9.17, 15) is 14.4 Å². The third-order valence-electron chi connectivity index (χ3n) is 4.16. The minimum atomic E-state index is -0.675. The number of amides is 1.